The minimum Gasteiger partial charge on any atom is -0.317 e. The van der Waals surface area contributed by atoms with Gasteiger partial charge in [0, 0.05) is 17.9 Å². The zero-order valence-electron chi connectivity index (χ0n) is 9.45. The molecule has 15 heavy (non-hydrogen) atoms. The molecule has 1 atom stereocenters. The Bertz CT molecular complexity index is 269. The summed E-state index contributed by atoms with van der Waals surface area (Å²) in [6.07, 6.45) is 8.25. The average Bonchev–Trinajstić information content (AvgIpc) is 2.31. The van der Waals surface area contributed by atoms with Gasteiger partial charge in [-0.25, -0.2) is 0 Å². The van der Waals surface area contributed by atoms with E-state index in [0.29, 0.717) is 6.04 Å². The van der Waals surface area contributed by atoms with E-state index in [-0.39, 0.29) is 0 Å². The van der Waals surface area contributed by atoms with E-state index >= 15 is 0 Å². The van der Waals surface area contributed by atoms with Crippen molar-refractivity contribution in [3.63, 3.8) is 0 Å². The van der Waals surface area contributed by atoms with Gasteiger partial charge in [0.2, 0.25) is 0 Å². The quantitative estimate of drug-likeness (QED) is 0.690. The number of nitrogens with one attached hydrogen (secondary N) is 1. The van der Waals surface area contributed by atoms with Gasteiger partial charge in [0.15, 0.2) is 0 Å². The highest BCUT2D eigenvalue weighted by molar-refractivity contribution is 5.03. The number of allylic oxidation sites excluding steroid dienone is 1. The fourth-order valence-electron chi connectivity index (χ4n) is 1.62. The highest BCUT2D eigenvalue weighted by Crippen LogP contribution is 2.06. The highest BCUT2D eigenvalue weighted by atomic mass is 14.9. The van der Waals surface area contributed by atoms with Crippen LogP contribution in [0.25, 0.3) is 0 Å². The average molecular weight is 204 g/mol. The second kappa shape index (κ2) is 7.18. The van der Waals surface area contributed by atoms with Gasteiger partial charge in [0.05, 0.1) is 0 Å². The Balaban J connectivity index is 2.31. The van der Waals surface area contributed by atoms with Crippen LogP contribution in [-0.2, 0) is 6.42 Å². The van der Waals surface area contributed by atoms with Crippen LogP contribution in [0.3, 0.4) is 0 Å². The van der Waals surface area contributed by atoms with Gasteiger partial charge in [-0.1, -0.05) is 12.1 Å². The largest absolute Gasteiger partial charge is 0.317 e. The molecule has 0 saturated heterocycles. The molecule has 0 fully saturated rings. The van der Waals surface area contributed by atoms with Crippen molar-refractivity contribution in [3.05, 3.63) is 42.7 Å². The Morgan fingerprint density at radius 3 is 2.93 bits per heavy atom. The molecular weight excluding hydrogens is 184 g/mol. The highest BCUT2D eigenvalue weighted by Gasteiger charge is 2.05. The van der Waals surface area contributed by atoms with E-state index in [1.54, 1.807) is 0 Å². The number of aromatic nitrogens is 1. The summed E-state index contributed by atoms with van der Waals surface area (Å²) in [5.41, 5.74) is 1.18. The lowest BCUT2D eigenvalue weighted by atomic mass is 10.0. The lowest BCUT2D eigenvalue weighted by molar-refractivity contribution is 0.491. The third-order valence-corrected chi connectivity index (χ3v) is 2.60. The molecule has 0 saturated carbocycles. The summed E-state index contributed by atoms with van der Waals surface area (Å²) in [6.45, 7) is 3.75. The Kier molecular flexibility index (Phi) is 5.71. The minimum atomic E-state index is 0.574. The van der Waals surface area contributed by atoms with Gasteiger partial charge in [0.1, 0.15) is 0 Å². The standard InChI is InChI=1S/C13H20N2/c1-3-4-7-12(14-2)9-10-13-8-5-6-11-15-13/h3,5-6,8,11-12,14H,1,4,7,9-10H2,2H3. The van der Waals surface area contributed by atoms with E-state index < -0.39 is 0 Å². The van der Waals surface area contributed by atoms with Crippen molar-refractivity contribution in [1.29, 1.82) is 0 Å². The molecule has 0 radical (unpaired) electrons. The van der Waals surface area contributed by atoms with Crippen LogP contribution in [0.4, 0.5) is 0 Å². The van der Waals surface area contributed by atoms with Crippen molar-refractivity contribution in [3.8, 4) is 0 Å². The molecule has 0 aliphatic carbocycles. The second-order valence-corrected chi connectivity index (χ2v) is 3.71. The van der Waals surface area contributed by atoms with E-state index in [0.717, 1.165) is 25.7 Å². The molecule has 1 heterocycles. The molecule has 1 aromatic rings. The SMILES string of the molecule is C=CCCC(CCc1ccccn1)NC. The molecule has 0 aliphatic rings. The molecule has 0 amide bonds. The molecule has 0 bridgehead atoms. The number of rotatable bonds is 7. The second-order valence-electron chi connectivity index (χ2n) is 3.71. The van der Waals surface area contributed by atoms with Crippen molar-refractivity contribution in [2.75, 3.05) is 7.05 Å². The Morgan fingerprint density at radius 1 is 1.47 bits per heavy atom. The van der Waals surface area contributed by atoms with E-state index in [1.807, 2.05) is 31.5 Å². The molecule has 1 unspecified atom stereocenters. The monoisotopic (exact) mass is 204 g/mol. The van der Waals surface area contributed by atoms with Crippen LogP contribution in [-0.4, -0.2) is 18.1 Å². The first-order valence-electron chi connectivity index (χ1n) is 5.55. The first-order valence-corrected chi connectivity index (χ1v) is 5.55. The van der Waals surface area contributed by atoms with Crippen LogP contribution in [0.2, 0.25) is 0 Å². The van der Waals surface area contributed by atoms with E-state index in [2.05, 4.69) is 22.9 Å². The minimum absolute atomic E-state index is 0.574. The van der Waals surface area contributed by atoms with Crippen molar-refractivity contribution >= 4 is 0 Å². The van der Waals surface area contributed by atoms with Crippen LogP contribution in [0, 0.1) is 0 Å². The van der Waals surface area contributed by atoms with Crippen molar-refractivity contribution in [1.82, 2.24) is 10.3 Å². The molecule has 1 aromatic heterocycles. The number of hydrogen-bond acceptors (Lipinski definition) is 2. The summed E-state index contributed by atoms with van der Waals surface area (Å²) in [7, 11) is 2.02. The van der Waals surface area contributed by atoms with Crippen LogP contribution in [0.1, 0.15) is 25.0 Å². The van der Waals surface area contributed by atoms with Crippen LogP contribution in [0.5, 0.6) is 0 Å². The van der Waals surface area contributed by atoms with Crippen LogP contribution < -0.4 is 5.32 Å². The molecule has 0 aromatic carbocycles. The molecular formula is C13H20N2. The predicted molar refractivity (Wildman–Crippen MR) is 64.8 cm³/mol. The lowest BCUT2D eigenvalue weighted by Gasteiger charge is -2.14. The van der Waals surface area contributed by atoms with Crippen molar-refractivity contribution in [2.24, 2.45) is 0 Å². The fourth-order valence-corrected chi connectivity index (χ4v) is 1.62. The zero-order chi connectivity index (χ0) is 10.9. The van der Waals surface area contributed by atoms with Gasteiger partial charge in [0.25, 0.3) is 0 Å². The topological polar surface area (TPSA) is 24.9 Å². The number of nitrogens with zero attached hydrogens (tertiary/aromatic N) is 1. The van der Waals surface area contributed by atoms with Crippen LogP contribution >= 0.6 is 0 Å². The van der Waals surface area contributed by atoms with Crippen molar-refractivity contribution in [2.45, 2.75) is 31.7 Å². The molecule has 0 spiro atoms. The first-order chi connectivity index (χ1) is 7.36. The summed E-state index contributed by atoms with van der Waals surface area (Å²) < 4.78 is 0. The summed E-state index contributed by atoms with van der Waals surface area (Å²) >= 11 is 0. The maximum Gasteiger partial charge on any atom is 0.0404 e. The van der Waals surface area contributed by atoms with Crippen molar-refractivity contribution < 1.29 is 0 Å². The Morgan fingerprint density at radius 2 is 2.33 bits per heavy atom. The van der Waals surface area contributed by atoms with E-state index in [4.69, 9.17) is 0 Å². The normalized spacial score (nSPS) is 12.3. The zero-order valence-corrected chi connectivity index (χ0v) is 9.45. The van der Waals surface area contributed by atoms with E-state index in [1.165, 1.54) is 5.69 Å². The van der Waals surface area contributed by atoms with Crippen LogP contribution in [0.15, 0.2) is 37.1 Å². The number of pyridine rings is 1. The van der Waals surface area contributed by atoms with Gasteiger partial charge in [-0.15, -0.1) is 6.58 Å². The van der Waals surface area contributed by atoms with Gasteiger partial charge in [-0.05, 0) is 44.9 Å². The summed E-state index contributed by atoms with van der Waals surface area (Å²) in [6, 6.07) is 6.65. The molecule has 1 rings (SSSR count). The third kappa shape index (κ3) is 4.75. The molecule has 2 heteroatoms. The Labute approximate surface area is 92.4 Å². The smallest absolute Gasteiger partial charge is 0.0404 e. The fraction of sp³-hybridized carbons (Fsp3) is 0.462. The predicted octanol–water partition coefficient (Wildman–Crippen LogP) is 2.57. The summed E-state index contributed by atoms with van der Waals surface area (Å²) in [5, 5.41) is 3.33. The van der Waals surface area contributed by atoms with Gasteiger partial charge >= 0.3 is 0 Å². The molecule has 2 nitrogen and oxygen atoms in total. The Hall–Kier alpha value is -1.15. The molecule has 1 N–H and O–H groups in total. The van der Waals surface area contributed by atoms with E-state index in [9.17, 15) is 0 Å². The maximum absolute atomic E-state index is 4.32. The summed E-state index contributed by atoms with van der Waals surface area (Å²) in [5.74, 6) is 0. The first kappa shape index (κ1) is 11.9. The molecule has 0 aliphatic heterocycles. The summed E-state index contributed by atoms with van der Waals surface area (Å²) in [4.78, 5) is 4.32. The van der Waals surface area contributed by atoms with Gasteiger partial charge < -0.3 is 5.32 Å². The maximum atomic E-state index is 4.32. The lowest BCUT2D eigenvalue weighted by Crippen LogP contribution is -2.25. The number of hydrogen-bond donors (Lipinski definition) is 1. The third-order valence-electron chi connectivity index (χ3n) is 2.60. The number of aryl methyl sites for hydroxylation is 1. The van der Waals surface area contributed by atoms with Gasteiger partial charge in [-0.3, -0.25) is 4.98 Å². The van der Waals surface area contributed by atoms with Gasteiger partial charge in [-0.2, -0.15) is 0 Å². The molecule has 82 valence electrons.